The van der Waals surface area contributed by atoms with Gasteiger partial charge in [-0.3, -0.25) is 0 Å². The smallest absolute Gasteiger partial charge is 0.335 e. The summed E-state index contributed by atoms with van der Waals surface area (Å²) in [6, 6.07) is 4.15. The zero-order valence-corrected chi connectivity index (χ0v) is 9.69. The molecule has 3 rings (SSSR count). The number of carboxylic acid groups (broad SMARTS) is 1. The van der Waals surface area contributed by atoms with Crippen molar-refractivity contribution in [1.29, 1.82) is 0 Å². The first kappa shape index (κ1) is 10.9. The number of carbonyl (C=O) groups excluding carboxylic acids is 1. The first-order valence-electron chi connectivity index (χ1n) is 5.62. The van der Waals surface area contributed by atoms with E-state index in [9.17, 15) is 9.59 Å². The van der Waals surface area contributed by atoms with Crippen molar-refractivity contribution in [2.75, 3.05) is 0 Å². The average molecular weight is 248 g/mol. The van der Waals surface area contributed by atoms with Gasteiger partial charge >= 0.3 is 12.0 Å². The van der Waals surface area contributed by atoms with Crippen LogP contribution in [0.3, 0.4) is 0 Å². The number of amides is 2. The Morgan fingerprint density at radius 2 is 2.33 bits per heavy atom. The van der Waals surface area contributed by atoms with Crippen LogP contribution in [0.2, 0.25) is 0 Å². The Labute approximate surface area is 103 Å². The summed E-state index contributed by atoms with van der Waals surface area (Å²) in [5.41, 5.74) is 0.168. The van der Waals surface area contributed by atoms with Gasteiger partial charge in [-0.1, -0.05) is 0 Å². The molecule has 0 aliphatic carbocycles. The zero-order chi connectivity index (χ0) is 12.9. The van der Waals surface area contributed by atoms with Gasteiger partial charge in [0, 0.05) is 12.0 Å². The van der Waals surface area contributed by atoms with Crippen LogP contribution in [0, 0.1) is 0 Å². The fourth-order valence-electron chi connectivity index (χ4n) is 2.47. The van der Waals surface area contributed by atoms with E-state index in [1.165, 1.54) is 6.07 Å². The molecule has 2 heterocycles. The van der Waals surface area contributed by atoms with Crippen molar-refractivity contribution in [3.63, 3.8) is 0 Å². The zero-order valence-electron chi connectivity index (χ0n) is 9.69. The molecule has 1 saturated heterocycles. The lowest BCUT2D eigenvalue weighted by Gasteiger charge is -2.44. The lowest BCUT2D eigenvalue weighted by molar-refractivity contribution is 0.0119. The van der Waals surface area contributed by atoms with Crippen LogP contribution in [0.4, 0.5) is 4.79 Å². The van der Waals surface area contributed by atoms with Gasteiger partial charge in [0.1, 0.15) is 5.75 Å². The van der Waals surface area contributed by atoms with Crippen molar-refractivity contribution in [3.05, 3.63) is 29.3 Å². The van der Waals surface area contributed by atoms with Gasteiger partial charge in [0.15, 0.2) is 5.72 Å². The van der Waals surface area contributed by atoms with Crippen LogP contribution in [-0.4, -0.2) is 22.8 Å². The number of nitrogens with one attached hydrogen (secondary N) is 2. The van der Waals surface area contributed by atoms with Gasteiger partial charge in [-0.2, -0.15) is 0 Å². The molecule has 2 bridgehead atoms. The standard InChI is InChI=1S/C12H12N2O4/c1-12-5-8(13-11(17)14-12)7-4-6(10(15)16)2-3-9(7)18-12/h2-4,8H,5H2,1H3,(H,15,16)(H2,13,14,17)/t8-,12-/m0/s1. The van der Waals surface area contributed by atoms with Crippen LogP contribution in [0.1, 0.15) is 35.3 Å². The monoisotopic (exact) mass is 248 g/mol. The molecule has 1 aromatic carbocycles. The first-order valence-corrected chi connectivity index (χ1v) is 5.62. The van der Waals surface area contributed by atoms with E-state index >= 15 is 0 Å². The summed E-state index contributed by atoms with van der Waals surface area (Å²) in [6.45, 7) is 1.80. The normalized spacial score (nSPS) is 28.5. The predicted octanol–water partition coefficient (Wildman–Crippen LogP) is 1.24. The minimum atomic E-state index is -0.994. The van der Waals surface area contributed by atoms with Gasteiger partial charge in [0.2, 0.25) is 0 Å². The fourth-order valence-corrected chi connectivity index (χ4v) is 2.47. The SMILES string of the molecule is C[C@]12C[C@H](NC(=O)N1)c1cc(C(=O)O)ccc1O2. The van der Waals surface area contributed by atoms with Crippen molar-refractivity contribution in [2.45, 2.75) is 25.1 Å². The Morgan fingerprint density at radius 3 is 3.06 bits per heavy atom. The van der Waals surface area contributed by atoms with E-state index in [-0.39, 0.29) is 17.6 Å². The second-order valence-corrected chi connectivity index (χ2v) is 4.75. The maximum absolute atomic E-state index is 11.5. The van der Waals surface area contributed by atoms with Crippen molar-refractivity contribution >= 4 is 12.0 Å². The molecule has 2 amide bonds. The quantitative estimate of drug-likeness (QED) is 0.697. The Bertz CT molecular complexity index is 557. The summed E-state index contributed by atoms with van der Waals surface area (Å²) in [5, 5.41) is 14.5. The number of hydrogen-bond donors (Lipinski definition) is 3. The van der Waals surface area contributed by atoms with Crippen molar-refractivity contribution in [3.8, 4) is 5.75 Å². The number of carbonyl (C=O) groups is 2. The third-order valence-electron chi connectivity index (χ3n) is 3.24. The van der Waals surface area contributed by atoms with Crippen molar-refractivity contribution in [2.24, 2.45) is 0 Å². The van der Waals surface area contributed by atoms with Crippen molar-refractivity contribution in [1.82, 2.24) is 10.6 Å². The molecular formula is C12H12N2O4. The summed E-state index contributed by atoms with van der Waals surface area (Å²) >= 11 is 0. The highest BCUT2D eigenvalue weighted by molar-refractivity contribution is 5.88. The Kier molecular flexibility index (Phi) is 2.04. The van der Waals surface area contributed by atoms with Crippen LogP contribution >= 0.6 is 0 Å². The maximum Gasteiger partial charge on any atom is 0.335 e. The van der Waals surface area contributed by atoms with Crippen molar-refractivity contribution < 1.29 is 19.4 Å². The summed E-state index contributed by atoms with van der Waals surface area (Å²) < 4.78 is 5.73. The largest absolute Gasteiger partial charge is 0.478 e. The number of hydrogen-bond acceptors (Lipinski definition) is 3. The summed E-state index contributed by atoms with van der Waals surface area (Å²) in [7, 11) is 0. The third-order valence-corrected chi connectivity index (χ3v) is 3.24. The van der Waals surface area contributed by atoms with Gasteiger partial charge in [-0.15, -0.1) is 0 Å². The highest BCUT2D eigenvalue weighted by Gasteiger charge is 2.43. The van der Waals surface area contributed by atoms with E-state index in [1.807, 2.05) is 0 Å². The molecule has 0 saturated carbocycles. The summed E-state index contributed by atoms with van der Waals surface area (Å²) in [4.78, 5) is 22.4. The van der Waals surface area contributed by atoms with E-state index in [0.717, 1.165) is 0 Å². The molecule has 6 heteroatoms. The minimum Gasteiger partial charge on any atom is -0.478 e. The summed E-state index contributed by atoms with van der Waals surface area (Å²) in [6.07, 6.45) is 0.564. The molecule has 0 radical (unpaired) electrons. The second-order valence-electron chi connectivity index (χ2n) is 4.75. The van der Waals surface area contributed by atoms with E-state index < -0.39 is 11.7 Å². The highest BCUT2D eigenvalue weighted by atomic mass is 16.5. The molecule has 18 heavy (non-hydrogen) atoms. The molecule has 2 aliphatic rings. The highest BCUT2D eigenvalue weighted by Crippen LogP contribution is 2.40. The molecule has 94 valence electrons. The Morgan fingerprint density at radius 1 is 1.56 bits per heavy atom. The molecule has 0 unspecified atom stereocenters. The molecule has 2 aliphatic heterocycles. The Hall–Kier alpha value is -2.24. The lowest BCUT2D eigenvalue weighted by atomic mass is 9.91. The molecule has 0 spiro atoms. The van der Waals surface area contributed by atoms with Crippen LogP contribution < -0.4 is 15.4 Å². The van der Waals surface area contributed by atoms with Gasteiger partial charge in [-0.25, -0.2) is 9.59 Å². The molecule has 1 fully saturated rings. The molecule has 1 aromatic rings. The molecule has 0 aromatic heterocycles. The topological polar surface area (TPSA) is 87.7 Å². The number of urea groups is 1. The number of aromatic carboxylic acids is 1. The average Bonchev–Trinajstić information content (AvgIpc) is 2.26. The number of carboxylic acids is 1. The van der Waals surface area contributed by atoms with Gasteiger partial charge < -0.3 is 20.5 Å². The summed E-state index contributed by atoms with van der Waals surface area (Å²) in [5.74, 6) is -0.391. The first-order chi connectivity index (χ1) is 8.47. The molecular weight excluding hydrogens is 236 g/mol. The second kappa shape index (κ2) is 3.38. The third kappa shape index (κ3) is 1.57. The lowest BCUT2D eigenvalue weighted by Crippen LogP contribution is -2.62. The van der Waals surface area contributed by atoms with E-state index in [0.29, 0.717) is 17.7 Å². The number of fused-ring (bicyclic) bond motifs is 4. The van der Waals surface area contributed by atoms with Gasteiger partial charge in [0.05, 0.1) is 11.6 Å². The molecule has 6 nitrogen and oxygen atoms in total. The van der Waals surface area contributed by atoms with Crippen LogP contribution in [0.15, 0.2) is 18.2 Å². The number of rotatable bonds is 1. The minimum absolute atomic E-state index is 0.189. The van der Waals surface area contributed by atoms with Gasteiger partial charge in [-0.05, 0) is 25.1 Å². The van der Waals surface area contributed by atoms with Crippen LogP contribution in [0.25, 0.3) is 0 Å². The van der Waals surface area contributed by atoms with E-state index in [1.54, 1.807) is 19.1 Å². The number of ether oxygens (including phenoxy) is 1. The fraction of sp³-hybridized carbons (Fsp3) is 0.333. The molecule has 2 atom stereocenters. The Balaban J connectivity index is 2.08. The van der Waals surface area contributed by atoms with Crippen LogP contribution in [0.5, 0.6) is 5.75 Å². The molecule has 3 N–H and O–H groups in total. The van der Waals surface area contributed by atoms with E-state index in [4.69, 9.17) is 9.84 Å². The van der Waals surface area contributed by atoms with Crippen LogP contribution in [-0.2, 0) is 0 Å². The predicted molar refractivity (Wildman–Crippen MR) is 61.5 cm³/mol. The van der Waals surface area contributed by atoms with E-state index in [2.05, 4.69) is 10.6 Å². The maximum atomic E-state index is 11.5. The number of benzene rings is 1. The van der Waals surface area contributed by atoms with Gasteiger partial charge in [0.25, 0.3) is 0 Å².